The molecule has 0 atom stereocenters. The molecule has 3 heterocycles. The highest BCUT2D eigenvalue weighted by Gasteiger charge is 2.27. The third kappa shape index (κ3) is 5.50. The largest absolute Gasteiger partial charge is 0.477 e. The smallest absolute Gasteiger partial charge is 0.392 e. The van der Waals surface area contributed by atoms with Gasteiger partial charge in [0.1, 0.15) is 0 Å². The first-order valence-electron chi connectivity index (χ1n) is 9.59. The number of nitrogens with two attached hydrogens (primary N) is 1. The van der Waals surface area contributed by atoms with Crippen LogP contribution in [0.15, 0.2) is 53.2 Å². The van der Waals surface area contributed by atoms with Gasteiger partial charge in [-0.05, 0) is 18.2 Å². The number of hydrogen-bond acceptors (Lipinski definition) is 10. The van der Waals surface area contributed by atoms with Crippen LogP contribution >= 0.6 is 0 Å². The second-order valence-corrected chi connectivity index (χ2v) is 6.73. The minimum absolute atomic E-state index is 0.0221. The van der Waals surface area contributed by atoms with Crippen molar-refractivity contribution in [1.82, 2.24) is 30.1 Å². The topological polar surface area (TPSA) is 129 Å². The van der Waals surface area contributed by atoms with Crippen LogP contribution in [0.25, 0.3) is 23.1 Å². The molecule has 0 aliphatic heterocycles. The van der Waals surface area contributed by atoms with Crippen LogP contribution in [0.2, 0.25) is 0 Å². The average Bonchev–Trinajstić information content (AvgIpc) is 3.29. The summed E-state index contributed by atoms with van der Waals surface area (Å²) in [4.78, 5) is 22.5. The molecule has 4 aromatic rings. The minimum Gasteiger partial charge on any atom is -0.477 e. The molecule has 0 spiro atoms. The molecule has 0 radical (unpaired) electrons. The first kappa shape index (κ1) is 21.9. The lowest BCUT2D eigenvalue weighted by molar-refractivity contribution is -0.139. The summed E-state index contributed by atoms with van der Waals surface area (Å²) < 4.78 is 46.9. The van der Waals surface area contributed by atoms with Gasteiger partial charge in [-0.2, -0.15) is 33.1 Å². The Bertz CT molecular complexity index is 1220. The molecule has 33 heavy (non-hydrogen) atoms. The predicted octanol–water partition coefficient (Wildman–Crippen LogP) is 3.66. The van der Waals surface area contributed by atoms with Crippen LogP contribution in [0.3, 0.4) is 0 Å². The second-order valence-electron chi connectivity index (χ2n) is 6.73. The molecule has 0 aliphatic rings. The lowest BCUT2D eigenvalue weighted by Crippen LogP contribution is -2.15. The van der Waals surface area contributed by atoms with Crippen LogP contribution < -0.4 is 15.4 Å². The minimum atomic E-state index is -4.30. The number of benzene rings is 1. The highest BCUT2D eigenvalue weighted by atomic mass is 19.4. The van der Waals surface area contributed by atoms with Crippen LogP contribution in [0.4, 0.5) is 30.8 Å². The fraction of sp³-hybridized carbons (Fsp3) is 0.200. The lowest BCUT2D eigenvalue weighted by atomic mass is 10.3. The van der Waals surface area contributed by atoms with E-state index in [1.165, 1.54) is 18.3 Å². The van der Waals surface area contributed by atoms with Crippen LogP contribution in [-0.2, 0) is 0 Å². The number of hydrogen-bond donors (Lipinski definition) is 1. The normalized spacial score (nSPS) is 11.4. The van der Waals surface area contributed by atoms with Crippen molar-refractivity contribution in [2.45, 2.75) is 12.6 Å². The van der Waals surface area contributed by atoms with Gasteiger partial charge in [0.2, 0.25) is 29.4 Å². The number of halogens is 3. The summed E-state index contributed by atoms with van der Waals surface area (Å²) in [5, 5.41) is 3.88. The number of aromatic nitrogens is 6. The molecule has 2 N–H and O–H groups in total. The van der Waals surface area contributed by atoms with Gasteiger partial charge in [0, 0.05) is 25.0 Å². The molecule has 3 aromatic heterocycles. The molecule has 1 aromatic carbocycles. The monoisotopic (exact) mass is 458 g/mol. The predicted molar refractivity (Wildman–Crippen MR) is 111 cm³/mol. The Morgan fingerprint density at radius 1 is 1.00 bits per heavy atom. The van der Waals surface area contributed by atoms with E-state index in [1.54, 1.807) is 11.9 Å². The van der Waals surface area contributed by atoms with Crippen LogP contribution in [0, 0.1) is 0 Å². The highest BCUT2D eigenvalue weighted by molar-refractivity contribution is 5.60. The van der Waals surface area contributed by atoms with Crippen LogP contribution in [0.1, 0.15) is 6.42 Å². The number of nitrogens with zero attached hydrogens (tertiary/aromatic N) is 7. The summed E-state index contributed by atoms with van der Waals surface area (Å²) in [5.74, 6) is 0.601. The highest BCUT2D eigenvalue weighted by Crippen LogP contribution is 2.25. The quantitative estimate of drug-likeness (QED) is 0.438. The van der Waals surface area contributed by atoms with Crippen molar-refractivity contribution in [1.29, 1.82) is 0 Å². The first-order valence-corrected chi connectivity index (χ1v) is 9.59. The fourth-order valence-electron chi connectivity index (χ4n) is 2.69. The molecule has 170 valence electrons. The third-order valence-electron chi connectivity index (χ3n) is 4.33. The molecule has 0 saturated carbocycles. The van der Waals surface area contributed by atoms with Gasteiger partial charge in [-0.3, -0.25) is 0 Å². The van der Waals surface area contributed by atoms with Crippen molar-refractivity contribution < 1.29 is 22.4 Å². The summed E-state index contributed by atoms with van der Waals surface area (Å²) in [7, 11) is 1.78. The Hall–Kier alpha value is -4.29. The van der Waals surface area contributed by atoms with Crippen molar-refractivity contribution in [3.63, 3.8) is 0 Å². The first-order chi connectivity index (χ1) is 15.8. The van der Waals surface area contributed by atoms with Crippen LogP contribution in [0.5, 0.6) is 5.88 Å². The summed E-state index contributed by atoms with van der Waals surface area (Å²) in [6, 6.07) is 12.4. The SMILES string of the molecule is CN(c1ccccc1)c1nc(N)nc(-c2noc(-c3ccc(OCCC(F)(F)F)nc3)n2)n1. The van der Waals surface area contributed by atoms with Gasteiger partial charge >= 0.3 is 6.18 Å². The Morgan fingerprint density at radius 3 is 2.48 bits per heavy atom. The zero-order valence-electron chi connectivity index (χ0n) is 17.2. The average molecular weight is 458 g/mol. The maximum Gasteiger partial charge on any atom is 0.392 e. The summed E-state index contributed by atoms with van der Waals surface area (Å²) in [6.45, 7) is -0.527. The Morgan fingerprint density at radius 2 is 1.79 bits per heavy atom. The van der Waals surface area contributed by atoms with E-state index in [1.807, 2.05) is 30.3 Å². The summed E-state index contributed by atoms with van der Waals surface area (Å²) in [6.07, 6.45) is -4.02. The van der Waals surface area contributed by atoms with Gasteiger partial charge in [-0.15, -0.1) is 0 Å². The number of anilines is 3. The fourth-order valence-corrected chi connectivity index (χ4v) is 2.69. The van der Waals surface area contributed by atoms with Crippen LogP contribution in [-0.4, -0.2) is 49.9 Å². The summed E-state index contributed by atoms with van der Waals surface area (Å²) in [5.41, 5.74) is 7.12. The standard InChI is InChI=1S/C20H17F3N8O2/c1-31(13-5-3-2-4-6-13)19-28-15(27-18(24)29-19)16-26-17(33-30-16)12-7-8-14(25-11-12)32-10-9-20(21,22)23/h2-8,11H,9-10H2,1H3,(H2,24,27,28,29). The van der Waals surface area contributed by atoms with Crippen molar-refractivity contribution in [2.75, 3.05) is 24.3 Å². The molecule has 0 amide bonds. The molecule has 0 bridgehead atoms. The number of ether oxygens (including phenoxy) is 1. The van der Waals surface area contributed by atoms with Gasteiger partial charge in [-0.25, -0.2) is 4.98 Å². The third-order valence-corrected chi connectivity index (χ3v) is 4.33. The molecule has 0 aliphatic carbocycles. The molecule has 10 nitrogen and oxygen atoms in total. The van der Waals surface area contributed by atoms with Gasteiger partial charge < -0.3 is 19.9 Å². The number of nitrogen functional groups attached to an aromatic ring is 1. The second kappa shape index (κ2) is 9.06. The maximum atomic E-state index is 12.2. The van der Waals surface area contributed by atoms with E-state index in [0.29, 0.717) is 5.56 Å². The van der Waals surface area contributed by atoms with Gasteiger partial charge in [-0.1, -0.05) is 23.4 Å². The Balaban J connectivity index is 1.51. The molecular weight excluding hydrogens is 441 g/mol. The molecule has 0 saturated heterocycles. The van der Waals surface area contributed by atoms with E-state index in [0.717, 1.165) is 5.69 Å². The zero-order valence-corrected chi connectivity index (χ0v) is 17.2. The van der Waals surface area contributed by atoms with Crippen molar-refractivity contribution in [2.24, 2.45) is 0 Å². The van der Waals surface area contributed by atoms with Crippen molar-refractivity contribution >= 4 is 17.6 Å². The molecule has 0 unspecified atom stereocenters. The number of pyridine rings is 1. The molecule has 0 fully saturated rings. The Kier molecular flexibility index (Phi) is 6.02. The Labute approximate surface area is 185 Å². The van der Waals surface area contributed by atoms with Gasteiger partial charge in [0.05, 0.1) is 18.6 Å². The van der Waals surface area contributed by atoms with Crippen molar-refractivity contribution in [3.05, 3.63) is 48.7 Å². The summed E-state index contributed by atoms with van der Waals surface area (Å²) >= 11 is 0. The van der Waals surface area contributed by atoms with E-state index < -0.39 is 19.2 Å². The molecule has 13 heteroatoms. The van der Waals surface area contributed by atoms with Gasteiger partial charge in [0.25, 0.3) is 5.89 Å². The number of rotatable bonds is 7. The van der Waals surface area contributed by atoms with Gasteiger partial charge in [0.15, 0.2) is 0 Å². The van der Waals surface area contributed by atoms with E-state index in [4.69, 9.17) is 15.0 Å². The van der Waals surface area contributed by atoms with Crippen molar-refractivity contribution in [3.8, 4) is 29.0 Å². The maximum absolute atomic E-state index is 12.2. The van der Waals surface area contributed by atoms with E-state index in [-0.39, 0.29) is 35.3 Å². The molecule has 4 rings (SSSR count). The molecular formula is C20H17F3N8O2. The van der Waals surface area contributed by atoms with E-state index in [9.17, 15) is 13.2 Å². The zero-order chi connectivity index (χ0) is 23.4. The van der Waals surface area contributed by atoms with E-state index in [2.05, 4.69) is 30.1 Å². The van der Waals surface area contributed by atoms with E-state index >= 15 is 0 Å². The number of para-hydroxylation sites is 1. The lowest BCUT2D eigenvalue weighted by Gasteiger charge is -2.17. The number of alkyl halides is 3.